The predicted octanol–water partition coefficient (Wildman–Crippen LogP) is 4.13. The van der Waals surface area contributed by atoms with Crippen LogP contribution in [0.15, 0.2) is 71.2 Å². The van der Waals surface area contributed by atoms with E-state index in [0.29, 0.717) is 5.56 Å². The zero-order valence-corrected chi connectivity index (χ0v) is 13.0. The standard InChI is InChI=1S/C17H11BrN2O2/c18-14-8-6-13(7-9-14)17(21)22-16-11-10-15(19-20-16)12-4-2-1-3-5-12/h1-11H. The molecule has 0 atom stereocenters. The van der Waals surface area contributed by atoms with E-state index in [0.717, 1.165) is 15.7 Å². The molecule has 0 aliphatic heterocycles. The lowest BCUT2D eigenvalue weighted by molar-refractivity contribution is 0.0726. The number of hydrogen-bond acceptors (Lipinski definition) is 4. The van der Waals surface area contributed by atoms with Crippen molar-refractivity contribution in [3.63, 3.8) is 0 Å². The summed E-state index contributed by atoms with van der Waals surface area (Å²) in [5.41, 5.74) is 2.14. The van der Waals surface area contributed by atoms with Crippen LogP contribution in [-0.2, 0) is 0 Å². The van der Waals surface area contributed by atoms with Gasteiger partial charge in [0.1, 0.15) is 0 Å². The van der Waals surface area contributed by atoms with Gasteiger partial charge < -0.3 is 4.74 Å². The Morgan fingerprint density at radius 3 is 2.23 bits per heavy atom. The Balaban J connectivity index is 1.73. The summed E-state index contributed by atoms with van der Waals surface area (Å²) in [6, 6.07) is 20.0. The van der Waals surface area contributed by atoms with Crippen LogP contribution in [0.3, 0.4) is 0 Å². The van der Waals surface area contributed by atoms with Crippen LogP contribution in [0.25, 0.3) is 11.3 Å². The lowest BCUT2D eigenvalue weighted by Gasteiger charge is -2.04. The molecule has 4 nitrogen and oxygen atoms in total. The van der Waals surface area contributed by atoms with Gasteiger partial charge in [-0.1, -0.05) is 46.3 Å². The first-order valence-electron chi connectivity index (χ1n) is 6.59. The lowest BCUT2D eigenvalue weighted by atomic mass is 10.1. The second-order valence-corrected chi connectivity index (χ2v) is 5.43. The molecule has 0 amide bonds. The Labute approximate surface area is 135 Å². The quantitative estimate of drug-likeness (QED) is 0.663. The first-order valence-corrected chi connectivity index (χ1v) is 7.38. The third kappa shape index (κ3) is 3.38. The van der Waals surface area contributed by atoms with Gasteiger partial charge in [0, 0.05) is 16.1 Å². The molecule has 0 saturated carbocycles. The molecule has 3 rings (SSSR count). The Kier molecular flexibility index (Phi) is 4.25. The van der Waals surface area contributed by atoms with E-state index in [2.05, 4.69) is 26.1 Å². The average Bonchev–Trinajstić information content (AvgIpc) is 2.57. The maximum absolute atomic E-state index is 12.0. The van der Waals surface area contributed by atoms with Gasteiger partial charge in [0.2, 0.25) is 5.88 Å². The van der Waals surface area contributed by atoms with Crippen molar-refractivity contribution in [2.24, 2.45) is 0 Å². The van der Waals surface area contributed by atoms with Crippen LogP contribution in [0.2, 0.25) is 0 Å². The summed E-state index contributed by atoms with van der Waals surface area (Å²) in [5, 5.41) is 8.01. The maximum atomic E-state index is 12.0. The lowest BCUT2D eigenvalue weighted by Crippen LogP contribution is -2.09. The number of benzene rings is 2. The molecule has 0 bridgehead atoms. The number of rotatable bonds is 3. The van der Waals surface area contributed by atoms with Crippen LogP contribution >= 0.6 is 15.9 Å². The van der Waals surface area contributed by atoms with Crippen LogP contribution in [-0.4, -0.2) is 16.2 Å². The van der Waals surface area contributed by atoms with E-state index < -0.39 is 5.97 Å². The Morgan fingerprint density at radius 1 is 0.864 bits per heavy atom. The van der Waals surface area contributed by atoms with Gasteiger partial charge in [-0.05, 0) is 30.3 Å². The Hall–Kier alpha value is -2.53. The Morgan fingerprint density at radius 2 is 1.59 bits per heavy atom. The maximum Gasteiger partial charge on any atom is 0.344 e. The molecule has 1 heterocycles. The molecule has 0 aliphatic rings. The van der Waals surface area contributed by atoms with Crippen molar-refractivity contribution in [1.82, 2.24) is 10.2 Å². The van der Waals surface area contributed by atoms with Crippen LogP contribution in [0.4, 0.5) is 0 Å². The molecule has 0 spiro atoms. The predicted molar refractivity (Wildman–Crippen MR) is 86.6 cm³/mol. The van der Waals surface area contributed by atoms with Crippen molar-refractivity contribution in [1.29, 1.82) is 0 Å². The van der Waals surface area contributed by atoms with Crippen molar-refractivity contribution >= 4 is 21.9 Å². The highest BCUT2D eigenvalue weighted by Crippen LogP contribution is 2.18. The minimum Gasteiger partial charge on any atom is -0.402 e. The molecule has 3 aromatic rings. The SMILES string of the molecule is O=C(Oc1ccc(-c2ccccc2)nn1)c1ccc(Br)cc1. The molecule has 0 N–H and O–H groups in total. The van der Waals surface area contributed by atoms with Gasteiger partial charge in [-0.25, -0.2) is 4.79 Å². The molecular weight excluding hydrogens is 344 g/mol. The highest BCUT2D eigenvalue weighted by molar-refractivity contribution is 9.10. The van der Waals surface area contributed by atoms with Crippen LogP contribution in [0.1, 0.15) is 10.4 Å². The van der Waals surface area contributed by atoms with Gasteiger partial charge in [0.15, 0.2) is 0 Å². The molecule has 2 aromatic carbocycles. The van der Waals surface area contributed by atoms with Crippen molar-refractivity contribution in [3.05, 3.63) is 76.8 Å². The first kappa shape index (κ1) is 14.4. The number of carbonyl (C=O) groups excluding carboxylic acids is 1. The number of nitrogens with zero attached hydrogens (tertiary/aromatic N) is 2. The van der Waals surface area contributed by atoms with Crippen molar-refractivity contribution in [2.75, 3.05) is 0 Å². The minimum atomic E-state index is -0.464. The number of carbonyl (C=O) groups is 1. The normalized spacial score (nSPS) is 10.2. The van der Waals surface area contributed by atoms with Gasteiger partial charge in [-0.3, -0.25) is 0 Å². The summed E-state index contributed by atoms with van der Waals surface area (Å²) in [6.45, 7) is 0. The third-order valence-corrected chi connectivity index (χ3v) is 3.52. The monoisotopic (exact) mass is 354 g/mol. The molecule has 0 unspecified atom stereocenters. The zero-order chi connectivity index (χ0) is 15.4. The van der Waals surface area contributed by atoms with Crippen LogP contribution in [0, 0.1) is 0 Å². The number of ether oxygens (including phenoxy) is 1. The van der Waals surface area contributed by atoms with Crippen LogP contribution < -0.4 is 4.74 Å². The van der Waals surface area contributed by atoms with E-state index in [1.165, 1.54) is 0 Å². The fourth-order valence-electron chi connectivity index (χ4n) is 1.88. The number of esters is 1. The topological polar surface area (TPSA) is 52.1 Å². The van der Waals surface area contributed by atoms with E-state index >= 15 is 0 Å². The van der Waals surface area contributed by atoms with Crippen molar-refractivity contribution in [3.8, 4) is 17.1 Å². The van der Waals surface area contributed by atoms with Gasteiger partial charge in [-0.2, -0.15) is 0 Å². The van der Waals surface area contributed by atoms with Gasteiger partial charge >= 0.3 is 5.97 Å². The average molecular weight is 355 g/mol. The van der Waals surface area contributed by atoms with E-state index in [1.54, 1.807) is 36.4 Å². The third-order valence-electron chi connectivity index (χ3n) is 2.99. The molecule has 0 fully saturated rings. The zero-order valence-electron chi connectivity index (χ0n) is 11.4. The minimum absolute atomic E-state index is 0.174. The van der Waals surface area contributed by atoms with E-state index in [1.807, 2.05) is 30.3 Å². The largest absolute Gasteiger partial charge is 0.402 e. The van der Waals surface area contributed by atoms with Crippen molar-refractivity contribution < 1.29 is 9.53 Å². The second kappa shape index (κ2) is 6.49. The molecule has 0 saturated heterocycles. The summed E-state index contributed by atoms with van der Waals surface area (Å²) < 4.78 is 6.10. The number of aromatic nitrogens is 2. The molecule has 0 aliphatic carbocycles. The summed E-state index contributed by atoms with van der Waals surface area (Å²) in [7, 11) is 0. The Bertz CT molecular complexity index is 772. The highest BCUT2D eigenvalue weighted by atomic mass is 79.9. The number of halogens is 1. The molecule has 1 aromatic heterocycles. The fraction of sp³-hybridized carbons (Fsp3) is 0. The smallest absolute Gasteiger partial charge is 0.344 e. The molecule has 108 valence electrons. The molecule has 22 heavy (non-hydrogen) atoms. The van der Waals surface area contributed by atoms with E-state index in [9.17, 15) is 4.79 Å². The fourth-order valence-corrected chi connectivity index (χ4v) is 2.14. The summed E-state index contributed by atoms with van der Waals surface area (Å²) in [5.74, 6) is -0.290. The highest BCUT2D eigenvalue weighted by Gasteiger charge is 2.10. The van der Waals surface area contributed by atoms with E-state index in [4.69, 9.17) is 4.74 Å². The first-order chi connectivity index (χ1) is 10.7. The van der Waals surface area contributed by atoms with E-state index in [-0.39, 0.29) is 5.88 Å². The molecule has 5 heteroatoms. The summed E-state index contributed by atoms with van der Waals surface area (Å²) >= 11 is 3.32. The second-order valence-electron chi connectivity index (χ2n) is 4.52. The van der Waals surface area contributed by atoms with Gasteiger partial charge in [0.05, 0.1) is 11.3 Å². The molecular formula is C17H11BrN2O2. The van der Waals surface area contributed by atoms with Crippen molar-refractivity contribution in [2.45, 2.75) is 0 Å². The number of hydrogen-bond donors (Lipinski definition) is 0. The molecule has 0 radical (unpaired) electrons. The van der Waals surface area contributed by atoms with Gasteiger partial charge in [0.25, 0.3) is 0 Å². The summed E-state index contributed by atoms with van der Waals surface area (Å²) in [6.07, 6.45) is 0. The van der Waals surface area contributed by atoms with Gasteiger partial charge in [-0.15, -0.1) is 10.2 Å². The van der Waals surface area contributed by atoms with Crippen LogP contribution in [0.5, 0.6) is 5.88 Å². The summed E-state index contributed by atoms with van der Waals surface area (Å²) in [4.78, 5) is 12.0.